The molecule has 0 radical (unpaired) electrons. The van der Waals surface area contributed by atoms with Crippen LogP contribution in [0.5, 0.6) is 5.75 Å². The quantitative estimate of drug-likeness (QED) is 0.590. The first-order valence-corrected chi connectivity index (χ1v) is 4.80. The summed E-state index contributed by atoms with van der Waals surface area (Å²) in [6.07, 6.45) is 1.66. The van der Waals surface area contributed by atoms with Crippen molar-refractivity contribution in [2.75, 3.05) is 0 Å². The molecule has 1 heterocycles. The van der Waals surface area contributed by atoms with Gasteiger partial charge in [0.15, 0.2) is 5.82 Å². The number of nitrogens with zero attached hydrogens (tertiary/aromatic N) is 2. The monoisotopic (exact) mass is 213 g/mol. The highest BCUT2D eigenvalue weighted by Crippen LogP contribution is 2.11. The molecule has 16 heavy (non-hydrogen) atoms. The molecule has 0 spiro atoms. The zero-order chi connectivity index (χ0) is 11.4. The smallest absolute Gasteiger partial charge is 0.154 e. The summed E-state index contributed by atoms with van der Waals surface area (Å²) in [5.74, 6) is 1.14. The second kappa shape index (κ2) is 4.44. The first-order chi connectivity index (χ1) is 7.75. The number of rotatable bonds is 2. The van der Waals surface area contributed by atoms with Gasteiger partial charge in [0.25, 0.3) is 0 Å². The summed E-state index contributed by atoms with van der Waals surface area (Å²) < 4.78 is 0. The molecule has 80 valence electrons. The molecular weight excluding hydrogens is 202 g/mol. The predicted molar refractivity (Wildman–Crippen MR) is 62.7 cm³/mol. The van der Waals surface area contributed by atoms with E-state index >= 15 is 0 Å². The van der Waals surface area contributed by atoms with Gasteiger partial charge < -0.3 is 10.8 Å². The van der Waals surface area contributed by atoms with E-state index in [1.54, 1.807) is 36.5 Å². The number of benzene rings is 1. The molecule has 1 aromatic carbocycles. The van der Waals surface area contributed by atoms with E-state index in [1.165, 1.54) is 0 Å². The molecule has 0 saturated heterocycles. The summed E-state index contributed by atoms with van der Waals surface area (Å²) in [5, 5.41) is 9.14. The highest BCUT2D eigenvalue weighted by Gasteiger charge is 1.98. The van der Waals surface area contributed by atoms with Crippen LogP contribution in [0.4, 0.5) is 5.82 Å². The molecule has 0 amide bonds. The molecule has 0 fully saturated rings. The van der Waals surface area contributed by atoms with Gasteiger partial charge in [-0.1, -0.05) is 6.07 Å². The standard InChI is InChI=1S/C12H11N3O/c13-12(9-4-6-10(16)7-5-9)15-11-3-1-2-8-14-11/h1-8,16H,(H2,13,14,15). The molecular formula is C12H11N3O. The van der Waals surface area contributed by atoms with Crippen molar-refractivity contribution in [2.45, 2.75) is 0 Å². The fraction of sp³-hybridized carbons (Fsp3) is 0. The Morgan fingerprint density at radius 1 is 1.12 bits per heavy atom. The molecule has 0 atom stereocenters. The average molecular weight is 213 g/mol. The Bertz CT molecular complexity index is 491. The van der Waals surface area contributed by atoms with Crippen molar-refractivity contribution in [1.29, 1.82) is 0 Å². The van der Waals surface area contributed by atoms with Crippen molar-refractivity contribution in [2.24, 2.45) is 10.7 Å². The van der Waals surface area contributed by atoms with Gasteiger partial charge in [0, 0.05) is 11.8 Å². The third-order valence-corrected chi connectivity index (χ3v) is 2.05. The van der Waals surface area contributed by atoms with Gasteiger partial charge in [0.2, 0.25) is 0 Å². The van der Waals surface area contributed by atoms with Crippen molar-refractivity contribution in [3.63, 3.8) is 0 Å². The SMILES string of the molecule is N/C(=N\c1ccccn1)c1ccc(O)cc1. The van der Waals surface area contributed by atoms with E-state index in [1.807, 2.05) is 12.1 Å². The maximum absolute atomic E-state index is 9.14. The lowest BCUT2D eigenvalue weighted by Gasteiger charge is -2.00. The number of hydrogen-bond acceptors (Lipinski definition) is 3. The number of phenols is 1. The molecule has 0 saturated carbocycles. The van der Waals surface area contributed by atoms with E-state index in [2.05, 4.69) is 9.98 Å². The van der Waals surface area contributed by atoms with Crippen LogP contribution < -0.4 is 5.73 Å². The zero-order valence-electron chi connectivity index (χ0n) is 8.54. The normalized spacial score (nSPS) is 11.4. The van der Waals surface area contributed by atoms with E-state index in [0.717, 1.165) is 5.56 Å². The third-order valence-electron chi connectivity index (χ3n) is 2.05. The van der Waals surface area contributed by atoms with Crippen LogP contribution in [0.25, 0.3) is 0 Å². The highest BCUT2D eigenvalue weighted by atomic mass is 16.3. The first kappa shape index (κ1) is 10.2. The Morgan fingerprint density at radius 3 is 2.50 bits per heavy atom. The number of amidine groups is 1. The second-order valence-electron chi connectivity index (χ2n) is 3.23. The van der Waals surface area contributed by atoms with Gasteiger partial charge >= 0.3 is 0 Å². The van der Waals surface area contributed by atoms with E-state index < -0.39 is 0 Å². The van der Waals surface area contributed by atoms with Crippen molar-refractivity contribution in [1.82, 2.24) is 4.98 Å². The lowest BCUT2D eigenvalue weighted by molar-refractivity contribution is 0.475. The van der Waals surface area contributed by atoms with E-state index in [0.29, 0.717) is 11.7 Å². The van der Waals surface area contributed by atoms with E-state index in [9.17, 15) is 0 Å². The molecule has 2 aromatic rings. The Balaban J connectivity index is 2.28. The number of aromatic nitrogens is 1. The third kappa shape index (κ3) is 2.36. The number of nitrogens with two attached hydrogens (primary N) is 1. The minimum atomic E-state index is 0.203. The highest BCUT2D eigenvalue weighted by molar-refractivity contribution is 5.98. The fourth-order valence-corrected chi connectivity index (χ4v) is 1.24. The van der Waals surface area contributed by atoms with Crippen molar-refractivity contribution < 1.29 is 5.11 Å². The Labute approximate surface area is 93.1 Å². The molecule has 2 rings (SSSR count). The van der Waals surface area contributed by atoms with Crippen LogP contribution in [0.2, 0.25) is 0 Å². The molecule has 0 aliphatic heterocycles. The van der Waals surface area contributed by atoms with Crippen molar-refractivity contribution in [3.05, 3.63) is 54.2 Å². The van der Waals surface area contributed by atoms with Gasteiger partial charge in [-0.15, -0.1) is 0 Å². The first-order valence-electron chi connectivity index (χ1n) is 4.80. The number of aliphatic imine (C=N–C) groups is 1. The lowest BCUT2D eigenvalue weighted by atomic mass is 10.2. The van der Waals surface area contributed by atoms with Gasteiger partial charge in [-0.05, 0) is 36.4 Å². The largest absolute Gasteiger partial charge is 0.508 e. The molecule has 4 nitrogen and oxygen atoms in total. The van der Waals surface area contributed by atoms with Crippen LogP contribution in [-0.2, 0) is 0 Å². The molecule has 0 aliphatic carbocycles. The molecule has 1 aromatic heterocycles. The van der Waals surface area contributed by atoms with Gasteiger partial charge in [0.1, 0.15) is 11.6 Å². The maximum atomic E-state index is 9.14. The number of pyridine rings is 1. The summed E-state index contributed by atoms with van der Waals surface area (Å²) in [6, 6.07) is 12.0. The molecule has 0 unspecified atom stereocenters. The molecule has 0 aliphatic rings. The van der Waals surface area contributed by atoms with Crippen LogP contribution in [0.1, 0.15) is 5.56 Å². The zero-order valence-corrected chi connectivity index (χ0v) is 8.54. The summed E-state index contributed by atoms with van der Waals surface area (Å²) in [6.45, 7) is 0. The van der Waals surface area contributed by atoms with Gasteiger partial charge in [-0.2, -0.15) is 0 Å². The van der Waals surface area contributed by atoms with E-state index in [4.69, 9.17) is 10.8 Å². The minimum absolute atomic E-state index is 0.203. The summed E-state index contributed by atoms with van der Waals surface area (Å²) in [4.78, 5) is 8.21. The molecule has 3 N–H and O–H groups in total. The number of hydrogen-bond donors (Lipinski definition) is 2. The van der Waals surface area contributed by atoms with Gasteiger partial charge in [0.05, 0.1) is 0 Å². The minimum Gasteiger partial charge on any atom is -0.508 e. The Kier molecular flexibility index (Phi) is 2.82. The average Bonchev–Trinajstić information content (AvgIpc) is 2.31. The molecule has 4 heteroatoms. The summed E-state index contributed by atoms with van der Waals surface area (Å²) >= 11 is 0. The van der Waals surface area contributed by atoms with Crippen LogP contribution in [0, 0.1) is 0 Å². The fourth-order valence-electron chi connectivity index (χ4n) is 1.24. The van der Waals surface area contributed by atoms with Crippen LogP contribution in [0.3, 0.4) is 0 Å². The van der Waals surface area contributed by atoms with Crippen molar-refractivity contribution >= 4 is 11.7 Å². The van der Waals surface area contributed by atoms with Crippen LogP contribution in [-0.4, -0.2) is 15.9 Å². The maximum Gasteiger partial charge on any atom is 0.154 e. The van der Waals surface area contributed by atoms with E-state index in [-0.39, 0.29) is 5.75 Å². The number of aromatic hydroxyl groups is 1. The van der Waals surface area contributed by atoms with Gasteiger partial charge in [-0.25, -0.2) is 9.98 Å². The van der Waals surface area contributed by atoms with Gasteiger partial charge in [-0.3, -0.25) is 0 Å². The topological polar surface area (TPSA) is 71.5 Å². The lowest BCUT2D eigenvalue weighted by Crippen LogP contribution is -2.12. The predicted octanol–water partition coefficient (Wildman–Crippen LogP) is 1.82. The Hall–Kier alpha value is -2.36. The summed E-state index contributed by atoms with van der Waals surface area (Å²) in [5.41, 5.74) is 6.56. The van der Waals surface area contributed by atoms with Crippen LogP contribution in [0.15, 0.2) is 53.7 Å². The molecule has 0 bridgehead atoms. The van der Waals surface area contributed by atoms with Crippen LogP contribution >= 0.6 is 0 Å². The Morgan fingerprint density at radius 2 is 1.88 bits per heavy atom. The summed E-state index contributed by atoms with van der Waals surface area (Å²) in [7, 11) is 0. The number of phenolic OH excluding ortho intramolecular Hbond substituents is 1. The van der Waals surface area contributed by atoms with Crippen molar-refractivity contribution in [3.8, 4) is 5.75 Å². The second-order valence-corrected chi connectivity index (χ2v) is 3.23.